The quantitative estimate of drug-likeness (QED) is 0.572. The predicted molar refractivity (Wildman–Crippen MR) is 108 cm³/mol. The maximum Gasteiger partial charge on any atom is 0.344 e. The number of hydrogen-bond acceptors (Lipinski definition) is 6. The molecule has 8 heteroatoms. The van der Waals surface area contributed by atoms with Crippen LogP contribution in [0.1, 0.15) is 23.0 Å². The van der Waals surface area contributed by atoms with Crippen molar-refractivity contribution in [1.82, 2.24) is 5.16 Å². The molecular formula is C21H19ClN2O5. The molecule has 3 rings (SSSR count). The van der Waals surface area contributed by atoms with Gasteiger partial charge in [-0.1, -0.05) is 35.0 Å². The Kier molecular flexibility index (Phi) is 6.51. The van der Waals surface area contributed by atoms with Crippen molar-refractivity contribution in [3.63, 3.8) is 0 Å². The Morgan fingerprint density at radius 3 is 2.55 bits per heavy atom. The Morgan fingerprint density at radius 2 is 1.86 bits per heavy atom. The van der Waals surface area contributed by atoms with Crippen LogP contribution in [0, 0.1) is 6.92 Å². The molecule has 0 aliphatic carbocycles. The van der Waals surface area contributed by atoms with Gasteiger partial charge in [-0.25, -0.2) is 4.79 Å². The first kappa shape index (κ1) is 20.4. The summed E-state index contributed by atoms with van der Waals surface area (Å²) in [6.07, 6.45) is 0. The summed E-state index contributed by atoms with van der Waals surface area (Å²) in [6.45, 7) is 3.57. The third kappa shape index (κ3) is 4.94. The molecule has 0 saturated heterocycles. The number of carbonyl (C=O) groups is 2. The van der Waals surface area contributed by atoms with Gasteiger partial charge in [-0.2, -0.15) is 0 Å². The number of nitrogens with one attached hydrogen (secondary N) is 1. The molecule has 0 fully saturated rings. The number of benzene rings is 2. The van der Waals surface area contributed by atoms with Crippen LogP contribution in [0.5, 0.6) is 5.75 Å². The second-order valence-electron chi connectivity index (χ2n) is 6.02. The highest BCUT2D eigenvalue weighted by atomic mass is 35.5. The molecule has 0 radical (unpaired) electrons. The SMILES string of the molecule is CCOc1ccc(NC(=O)COC(=O)c2c(-c3ccccc3Cl)noc2C)cc1. The van der Waals surface area contributed by atoms with Gasteiger partial charge in [-0.3, -0.25) is 4.79 Å². The molecule has 1 N–H and O–H groups in total. The van der Waals surface area contributed by atoms with Gasteiger partial charge in [-0.15, -0.1) is 0 Å². The third-order valence-electron chi connectivity index (χ3n) is 3.98. The van der Waals surface area contributed by atoms with Crippen LogP contribution < -0.4 is 10.1 Å². The number of anilines is 1. The van der Waals surface area contributed by atoms with E-state index < -0.39 is 18.5 Å². The monoisotopic (exact) mass is 414 g/mol. The summed E-state index contributed by atoms with van der Waals surface area (Å²) in [5.74, 6) is -0.222. The van der Waals surface area contributed by atoms with Gasteiger partial charge in [0.1, 0.15) is 22.8 Å². The molecule has 0 unspecified atom stereocenters. The average molecular weight is 415 g/mol. The Labute approximate surface area is 172 Å². The number of halogens is 1. The molecule has 3 aromatic rings. The fourth-order valence-corrected chi connectivity index (χ4v) is 2.88. The molecule has 0 saturated carbocycles. The minimum atomic E-state index is -0.722. The second-order valence-corrected chi connectivity index (χ2v) is 6.43. The fraction of sp³-hybridized carbons (Fsp3) is 0.190. The molecule has 1 heterocycles. The van der Waals surface area contributed by atoms with Gasteiger partial charge in [0.25, 0.3) is 5.91 Å². The standard InChI is InChI=1S/C21H19ClN2O5/c1-3-27-15-10-8-14(9-11-15)23-18(25)12-28-21(26)19-13(2)29-24-20(19)16-6-4-5-7-17(16)22/h4-11H,3,12H2,1-2H3,(H,23,25). The van der Waals surface area contributed by atoms with Crippen LogP contribution in [-0.4, -0.2) is 30.2 Å². The molecule has 7 nitrogen and oxygen atoms in total. The molecule has 1 aromatic heterocycles. The molecule has 2 aromatic carbocycles. The third-order valence-corrected chi connectivity index (χ3v) is 4.31. The van der Waals surface area contributed by atoms with Crippen LogP contribution >= 0.6 is 11.6 Å². The number of hydrogen-bond donors (Lipinski definition) is 1. The lowest BCUT2D eigenvalue weighted by atomic mass is 10.1. The second kappa shape index (κ2) is 9.25. The zero-order chi connectivity index (χ0) is 20.8. The van der Waals surface area contributed by atoms with E-state index in [9.17, 15) is 9.59 Å². The van der Waals surface area contributed by atoms with E-state index in [1.807, 2.05) is 6.92 Å². The molecular weight excluding hydrogens is 396 g/mol. The minimum absolute atomic E-state index is 0.131. The summed E-state index contributed by atoms with van der Waals surface area (Å²) in [7, 11) is 0. The van der Waals surface area contributed by atoms with E-state index in [0.717, 1.165) is 0 Å². The average Bonchev–Trinajstić information content (AvgIpc) is 3.09. The van der Waals surface area contributed by atoms with Crippen molar-refractivity contribution in [1.29, 1.82) is 0 Å². The summed E-state index contributed by atoms with van der Waals surface area (Å²) < 4.78 is 15.6. The van der Waals surface area contributed by atoms with E-state index in [-0.39, 0.29) is 17.0 Å². The van der Waals surface area contributed by atoms with Crippen molar-refractivity contribution in [2.75, 3.05) is 18.5 Å². The van der Waals surface area contributed by atoms with Crippen LogP contribution in [0.4, 0.5) is 5.69 Å². The van der Waals surface area contributed by atoms with Crippen molar-refractivity contribution in [3.8, 4) is 17.0 Å². The van der Waals surface area contributed by atoms with Crippen LogP contribution in [0.15, 0.2) is 53.1 Å². The van der Waals surface area contributed by atoms with Gasteiger partial charge in [0.05, 0.1) is 11.6 Å². The maximum absolute atomic E-state index is 12.5. The van der Waals surface area contributed by atoms with Crippen LogP contribution in [0.2, 0.25) is 5.02 Å². The van der Waals surface area contributed by atoms with Gasteiger partial charge in [0.15, 0.2) is 6.61 Å². The van der Waals surface area contributed by atoms with Crippen LogP contribution in [0.25, 0.3) is 11.3 Å². The highest BCUT2D eigenvalue weighted by molar-refractivity contribution is 6.33. The van der Waals surface area contributed by atoms with Crippen molar-refractivity contribution in [2.45, 2.75) is 13.8 Å². The number of esters is 1. The number of nitrogens with zero attached hydrogens (tertiary/aromatic N) is 1. The van der Waals surface area contributed by atoms with E-state index in [4.69, 9.17) is 25.6 Å². The van der Waals surface area contributed by atoms with E-state index in [2.05, 4.69) is 10.5 Å². The molecule has 150 valence electrons. The zero-order valence-corrected chi connectivity index (χ0v) is 16.7. The van der Waals surface area contributed by atoms with Crippen LogP contribution in [0.3, 0.4) is 0 Å². The van der Waals surface area contributed by atoms with Crippen molar-refractivity contribution < 1.29 is 23.6 Å². The van der Waals surface area contributed by atoms with Crippen molar-refractivity contribution >= 4 is 29.2 Å². The van der Waals surface area contributed by atoms with Gasteiger partial charge in [0.2, 0.25) is 0 Å². The molecule has 0 spiro atoms. The molecule has 0 aliphatic rings. The van der Waals surface area contributed by atoms with E-state index in [1.54, 1.807) is 55.5 Å². The Morgan fingerprint density at radius 1 is 1.14 bits per heavy atom. The Balaban J connectivity index is 1.65. The lowest BCUT2D eigenvalue weighted by molar-refractivity contribution is -0.119. The highest BCUT2D eigenvalue weighted by Gasteiger charge is 2.24. The Hall–Kier alpha value is -3.32. The topological polar surface area (TPSA) is 90.7 Å². The van der Waals surface area contributed by atoms with E-state index in [0.29, 0.717) is 28.6 Å². The first-order valence-corrected chi connectivity index (χ1v) is 9.28. The largest absolute Gasteiger partial charge is 0.494 e. The smallest absolute Gasteiger partial charge is 0.344 e. The van der Waals surface area contributed by atoms with E-state index >= 15 is 0 Å². The minimum Gasteiger partial charge on any atom is -0.494 e. The molecule has 29 heavy (non-hydrogen) atoms. The molecule has 1 amide bonds. The number of aryl methyl sites for hydroxylation is 1. The number of aromatic nitrogens is 1. The normalized spacial score (nSPS) is 10.4. The zero-order valence-electron chi connectivity index (χ0n) is 15.9. The van der Waals surface area contributed by atoms with E-state index in [1.165, 1.54) is 0 Å². The summed E-state index contributed by atoms with van der Waals surface area (Å²) in [5, 5.41) is 6.98. The first-order valence-electron chi connectivity index (χ1n) is 8.90. The van der Waals surface area contributed by atoms with Gasteiger partial charge in [0, 0.05) is 11.3 Å². The maximum atomic E-state index is 12.5. The predicted octanol–water partition coefficient (Wildman–Crippen LogP) is 4.50. The number of ether oxygens (including phenoxy) is 2. The van der Waals surface area contributed by atoms with Crippen LogP contribution in [-0.2, 0) is 9.53 Å². The summed E-state index contributed by atoms with van der Waals surface area (Å²) in [4.78, 5) is 24.7. The van der Waals surface area contributed by atoms with Crippen molar-refractivity contribution in [3.05, 3.63) is 64.9 Å². The van der Waals surface area contributed by atoms with Gasteiger partial charge < -0.3 is 19.3 Å². The number of amides is 1. The fourth-order valence-electron chi connectivity index (χ4n) is 2.65. The number of carbonyl (C=O) groups excluding carboxylic acids is 2. The lowest BCUT2D eigenvalue weighted by Gasteiger charge is -2.08. The first-order chi connectivity index (χ1) is 14.0. The molecule has 0 aliphatic heterocycles. The molecule has 0 atom stereocenters. The van der Waals surface area contributed by atoms with Gasteiger partial charge in [-0.05, 0) is 44.2 Å². The summed E-state index contributed by atoms with van der Waals surface area (Å²) in [6, 6.07) is 13.8. The summed E-state index contributed by atoms with van der Waals surface area (Å²) in [5.41, 5.74) is 1.50. The Bertz CT molecular complexity index is 1010. The van der Waals surface area contributed by atoms with Crippen molar-refractivity contribution in [2.24, 2.45) is 0 Å². The molecule has 0 bridgehead atoms. The lowest BCUT2D eigenvalue weighted by Crippen LogP contribution is -2.21. The van der Waals surface area contributed by atoms with Gasteiger partial charge >= 0.3 is 5.97 Å². The summed E-state index contributed by atoms with van der Waals surface area (Å²) >= 11 is 6.19. The number of rotatable bonds is 7. The highest BCUT2D eigenvalue weighted by Crippen LogP contribution is 2.31.